The number of unbranched alkanes of at least 4 members (excludes halogenated alkanes) is 52. The standard InChI is InChI=1S/C81H155N2O7P/c1-7-10-13-16-19-22-25-27-29-31-33-35-37-39-41-43-45-47-49-51-53-55-58-61-64-67-70-73-80(84)82-78(77-89-91(86,87)88-76-75-83(4,5)6)79(72-69-66-63-60-57-24-21-18-15-12-9-3)90-81(85)74-71-68-65-62-59-56-54-52-50-48-46-44-42-40-38-36-34-32-30-28-26-23-20-17-14-11-8-2/h20,23,27-30,69,72,78-79H,7-19,21-22,24-26,31-68,70-71,73-77H2,1-6H3,(H-,82,84,86,87)/p+1/b23-20-,29-27+,30-28-,72-69+. The summed E-state index contributed by atoms with van der Waals surface area (Å²) in [5, 5.41) is 3.09. The van der Waals surface area contributed by atoms with E-state index in [1.807, 2.05) is 27.2 Å². The molecule has 91 heavy (non-hydrogen) atoms. The van der Waals surface area contributed by atoms with E-state index in [1.165, 1.54) is 308 Å². The lowest BCUT2D eigenvalue weighted by Gasteiger charge is -2.27. The number of amides is 1. The number of phosphoric ester groups is 1. The van der Waals surface area contributed by atoms with Crippen LogP contribution in [0.2, 0.25) is 0 Å². The highest BCUT2D eigenvalue weighted by atomic mass is 31.2. The number of phosphoric acid groups is 1. The number of hydrogen-bond donors (Lipinski definition) is 2. The summed E-state index contributed by atoms with van der Waals surface area (Å²) in [5.41, 5.74) is 0. The molecule has 0 saturated heterocycles. The van der Waals surface area contributed by atoms with E-state index in [9.17, 15) is 19.0 Å². The zero-order chi connectivity index (χ0) is 66.3. The lowest BCUT2D eigenvalue weighted by Crippen LogP contribution is -2.47. The molecule has 0 heterocycles. The van der Waals surface area contributed by atoms with E-state index >= 15 is 0 Å². The molecule has 1 amide bonds. The molecule has 0 aromatic heterocycles. The van der Waals surface area contributed by atoms with Gasteiger partial charge in [0.15, 0.2) is 0 Å². The lowest BCUT2D eigenvalue weighted by atomic mass is 10.0. The minimum Gasteiger partial charge on any atom is -0.456 e. The first kappa shape index (κ1) is 89.0. The second kappa shape index (κ2) is 70.8. The molecule has 0 aromatic carbocycles. The van der Waals surface area contributed by atoms with Gasteiger partial charge in [-0.05, 0) is 89.5 Å². The highest BCUT2D eigenvalue weighted by molar-refractivity contribution is 7.47. The second-order valence-electron chi connectivity index (χ2n) is 28.6. The summed E-state index contributed by atoms with van der Waals surface area (Å²) < 4.78 is 30.9. The average Bonchev–Trinajstić information content (AvgIpc) is 3.03. The maximum absolute atomic E-state index is 13.7. The van der Waals surface area contributed by atoms with Crippen LogP contribution in [-0.4, -0.2) is 74.3 Å². The molecule has 2 N–H and O–H groups in total. The van der Waals surface area contributed by atoms with Crippen molar-refractivity contribution in [1.82, 2.24) is 5.32 Å². The predicted octanol–water partition coefficient (Wildman–Crippen LogP) is 25.9. The Kier molecular flexibility index (Phi) is 69.2. The quantitative estimate of drug-likeness (QED) is 0.0205. The van der Waals surface area contributed by atoms with Crippen LogP contribution in [0, 0.1) is 0 Å². The van der Waals surface area contributed by atoms with Crippen molar-refractivity contribution in [2.45, 2.75) is 418 Å². The van der Waals surface area contributed by atoms with Crippen LogP contribution in [0.5, 0.6) is 0 Å². The summed E-state index contributed by atoms with van der Waals surface area (Å²) in [7, 11) is 1.52. The van der Waals surface area contributed by atoms with Crippen molar-refractivity contribution in [3.63, 3.8) is 0 Å². The number of quaternary nitrogens is 1. The van der Waals surface area contributed by atoms with E-state index in [1.54, 1.807) is 0 Å². The Bertz CT molecular complexity index is 1690. The van der Waals surface area contributed by atoms with Crippen molar-refractivity contribution in [2.75, 3.05) is 40.9 Å². The molecule has 9 nitrogen and oxygen atoms in total. The van der Waals surface area contributed by atoms with Gasteiger partial charge in [-0.15, -0.1) is 0 Å². The fourth-order valence-corrected chi connectivity index (χ4v) is 12.8. The summed E-state index contributed by atoms with van der Waals surface area (Å²) in [6, 6.07) is -0.846. The van der Waals surface area contributed by atoms with Crippen molar-refractivity contribution in [1.29, 1.82) is 0 Å². The molecule has 0 saturated carbocycles. The Morgan fingerprint density at radius 3 is 1.02 bits per heavy atom. The Balaban J connectivity index is 4.83. The SMILES string of the molecule is CCCCC/C=C\C/C=C\CCCCCCCCCCCCCCCCCCCC(=O)OC(/C=C/CCCCCCCCCCC)C(COP(=O)(O)OCC[N+](C)(C)C)NC(=O)CCCCCCCCCCCCCCCCCCC/C=C/CCCCCCCC. The molecular formula is C81H156N2O7P+. The summed E-state index contributed by atoms with van der Waals surface area (Å²) >= 11 is 0. The Labute approximate surface area is 567 Å². The molecule has 0 rings (SSSR count). The first-order valence-corrected chi connectivity index (χ1v) is 41.5. The third kappa shape index (κ3) is 72.1. The molecule has 3 atom stereocenters. The van der Waals surface area contributed by atoms with Gasteiger partial charge in [-0.1, -0.05) is 352 Å². The van der Waals surface area contributed by atoms with Crippen LogP contribution in [0.25, 0.3) is 0 Å². The molecule has 0 aliphatic heterocycles. The van der Waals surface area contributed by atoms with Crippen LogP contribution in [0.4, 0.5) is 0 Å². The molecular weight excluding hydrogens is 1140 g/mol. The minimum absolute atomic E-state index is 0.0429. The van der Waals surface area contributed by atoms with Crippen LogP contribution in [-0.2, 0) is 27.9 Å². The van der Waals surface area contributed by atoms with Gasteiger partial charge < -0.3 is 19.4 Å². The molecule has 536 valence electrons. The molecule has 0 aliphatic carbocycles. The number of carbonyl (C=O) groups excluding carboxylic acids is 2. The maximum atomic E-state index is 13.7. The fraction of sp³-hybridized carbons (Fsp3) is 0.877. The smallest absolute Gasteiger partial charge is 0.456 e. The third-order valence-electron chi connectivity index (χ3n) is 18.2. The largest absolute Gasteiger partial charge is 0.472 e. The van der Waals surface area contributed by atoms with Crippen LogP contribution >= 0.6 is 7.82 Å². The third-order valence-corrected chi connectivity index (χ3v) is 19.2. The van der Waals surface area contributed by atoms with Crippen molar-refractivity contribution >= 4 is 19.7 Å². The monoisotopic (exact) mass is 1300 g/mol. The zero-order valence-electron chi connectivity index (χ0n) is 61.6. The molecule has 0 fully saturated rings. The number of likely N-dealkylation sites (N-methyl/N-ethyl adjacent to an activating group) is 1. The highest BCUT2D eigenvalue weighted by Crippen LogP contribution is 2.43. The number of rotatable bonds is 74. The van der Waals surface area contributed by atoms with E-state index in [-0.39, 0.29) is 25.1 Å². The van der Waals surface area contributed by atoms with Crippen molar-refractivity contribution in [3.8, 4) is 0 Å². The molecule has 0 aromatic rings. The van der Waals surface area contributed by atoms with Gasteiger partial charge in [0.25, 0.3) is 0 Å². The van der Waals surface area contributed by atoms with Gasteiger partial charge in [0.1, 0.15) is 19.3 Å². The van der Waals surface area contributed by atoms with Crippen LogP contribution in [0.1, 0.15) is 406 Å². The Morgan fingerprint density at radius 2 is 0.670 bits per heavy atom. The number of carbonyl (C=O) groups is 2. The average molecular weight is 1300 g/mol. The predicted molar refractivity (Wildman–Crippen MR) is 397 cm³/mol. The maximum Gasteiger partial charge on any atom is 0.472 e. The van der Waals surface area contributed by atoms with E-state index in [0.717, 1.165) is 64.2 Å². The van der Waals surface area contributed by atoms with Crippen molar-refractivity contribution < 1.29 is 37.3 Å². The van der Waals surface area contributed by atoms with E-state index in [2.05, 4.69) is 68.6 Å². The first-order valence-electron chi connectivity index (χ1n) is 40.0. The Hall–Kier alpha value is -2.03. The van der Waals surface area contributed by atoms with Gasteiger partial charge in [-0.2, -0.15) is 0 Å². The first-order chi connectivity index (χ1) is 44.4. The van der Waals surface area contributed by atoms with E-state index in [0.29, 0.717) is 23.9 Å². The van der Waals surface area contributed by atoms with Gasteiger partial charge in [-0.3, -0.25) is 18.6 Å². The highest BCUT2D eigenvalue weighted by Gasteiger charge is 2.30. The topological polar surface area (TPSA) is 111 Å². The zero-order valence-corrected chi connectivity index (χ0v) is 62.5. The van der Waals surface area contributed by atoms with Crippen LogP contribution in [0.15, 0.2) is 48.6 Å². The fourth-order valence-electron chi connectivity index (χ4n) is 12.1. The molecule has 3 unspecified atom stereocenters. The van der Waals surface area contributed by atoms with Gasteiger partial charge in [0, 0.05) is 12.8 Å². The van der Waals surface area contributed by atoms with Gasteiger partial charge >= 0.3 is 13.8 Å². The molecule has 0 radical (unpaired) electrons. The van der Waals surface area contributed by atoms with Crippen molar-refractivity contribution in [3.05, 3.63) is 48.6 Å². The van der Waals surface area contributed by atoms with Gasteiger partial charge in [0.2, 0.25) is 5.91 Å². The molecule has 0 spiro atoms. The molecule has 10 heteroatoms. The lowest BCUT2D eigenvalue weighted by molar-refractivity contribution is -0.870. The summed E-state index contributed by atoms with van der Waals surface area (Å²) in [6.45, 7) is 7.05. The van der Waals surface area contributed by atoms with E-state index in [4.69, 9.17) is 13.8 Å². The Morgan fingerprint density at radius 1 is 0.385 bits per heavy atom. The number of nitrogens with one attached hydrogen (secondary N) is 1. The van der Waals surface area contributed by atoms with Crippen LogP contribution in [0.3, 0.4) is 0 Å². The number of allylic oxidation sites excluding steroid dienone is 7. The normalized spacial score (nSPS) is 13.6. The van der Waals surface area contributed by atoms with Gasteiger partial charge in [-0.25, -0.2) is 4.57 Å². The molecule has 0 aliphatic rings. The minimum atomic E-state index is -4.45. The summed E-state index contributed by atoms with van der Waals surface area (Å²) in [4.78, 5) is 38.0. The number of ether oxygens (including phenoxy) is 1. The van der Waals surface area contributed by atoms with Crippen molar-refractivity contribution in [2.24, 2.45) is 0 Å². The summed E-state index contributed by atoms with van der Waals surface area (Å²) in [6.07, 6.45) is 91.6. The number of esters is 1. The molecule has 0 bridgehead atoms. The van der Waals surface area contributed by atoms with E-state index < -0.39 is 20.0 Å². The van der Waals surface area contributed by atoms with Crippen LogP contribution < -0.4 is 5.32 Å². The number of nitrogens with zero attached hydrogens (tertiary/aromatic N) is 1. The second-order valence-corrected chi connectivity index (χ2v) is 30.0. The number of hydrogen-bond acceptors (Lipinski definition) is 6. The van der Waals surface area contributed by atoms with Gasteiger partial charge in [0.05, 0.1) is 33.8 Å². The summed E-state index contributed by atoms with van der Waals surface area (Å²) in [5.74, 6) is -0.483.